The molecule has 0 radical (unpaired) electrons. The van der Waals surface area contributed by atoms with Crippen molar-refractivity contribution in [2.24, 2.45) is 4.99 Å². The summed E-state index contributed by atoms with van der Waals surface area (Å²) in [7, 11) is 3.07. The Labute approximate surface area is 87.7 Å². The lowest BCUT2D eigenvalue weighted by Crippen LogP contribution is -2.33. The maximum Gasteiger partial charge on any atom is 0.240 e. The number of methoxy groups -OCH3 is 2. The molecule has 1 rings (SSSR count). The van der Waals surface area contributed by atoms with Crippen LogP contribution in [0.1, 0.15) is 6.92 Å². The summed E-state index contributed by atoms with van der Waals surface area (Å²) in [5.41, 5.74) is 0.743. The summed E-state index contributed by atoms with van der Waals surface area (Å²) in [4.78, 5) is 4.03. The molecule has 0 bridgehead atoms. The van der Waals surface area contributed by atoms with Gasteiger partial charge in [-0.15, -0.1) is 0 Å². The van der Waals surface area contributed by atoms with Gasteiger partial charge in [-0.25, -0.2) is 9.30 Å². The van der Waals surface area contributed by atoms with Gasteiger partial charge in [0, 0.05) is 12.7 Å². The molecule has 0 spiro atoms. The summed E-state index contributed by atoms with van der Waals surface area (Å²) in [5, 5.41) is 0.383. The number of hydrogen-bond donors (Lipinski definition) is 1. The summed E-state index contributed by atoms with van der Waals surface area (Å²) < 4.78 is 11.6. The standard InChI is InChI=1S/C7H11ClN2O2S/c1-4-5(8)9-7(12-3)10(13)6(4)11-2/h7,13H,1-3H3. The van der Waals surface area contributed by atoms with Crippen molar-refractivity contribution in [3.05, 3.63) is 11.5 Å². The summed E-state index contributed by atoms with van der Waals surface area (Å²) in [6, 6.07) is 0. The van der Waals surface area contributed by atoms with Crippen molar-refractivity contribution < 1.29 is 9.47 Å². The van der Waals surface area contributed by atoms with Gasteiger partial charge in [-0.3, -0.25) is 0 Å². The molecule has 74 valence electrons. The molecule has 4 nitrogen and oxygen atoms in total. The molecule has 1 atom stereocenters. The van der Waals surface area contributed by atoms with Crippen LogP contribution in [0.2, 0.25) is 0 Å². The van der Waals surface area contributed by atoms with Crippen LogP contribution in [0.25, 0.3) is 0 Å². The van der Waals surface area contributed by atoms with E-state index in [0.717, 1.165) is 5.57 Å². The smallest absolute Gasteiger partial charge is 0.240 e. The second kappa shape index (κ2) is 4.21. The maximum atomic E-state index is 5.85. The number of nitrogens with zero attached hydrogens (tertiary/aromatic N) is 2. The third-order valence-electron chi connectivity index (χ3n) is 1.68. The number of allylic oxidation sites excluding steroid dienone is 1. The van der Waals surface area contributed by atoms with E-state index in [-0.39, 0.29) is 0 Å². The predicted octanol–water partition coefficient (Wildman–Crippen LogP) is 1.59. The van der Waals surface area contributed by atoms with Gasteiger partial charge in [0.1, 0.15) is 5.17 Å². The van der Waals surface area contributed by atoms with E-state index in [1.807, 2.05) is 0 Å². The van der Waals surface area contributed by atoms with Crippen molar-refractivity contribution in [1.82, 2.24) is 4.31 Å². The van der Waals surface area contributed by atoms with E-state index in [4.69, 9.17) is 21.1 Å². The summed E-state index contributed by atoms with van der Waals surface area (Å²) in [6.07, 6.45) is -0.533. The minimum absolute atomic E-state index is 0.383. The largest absolute Gasteiger partial charge is 0.481 e. The first kappa shape index (κ1) is 10.7. The van der Waals surface area contributed by atoms with Crippen LogP contribution < -0.4 is 0 Å². The third-order valence-corrected chi connectivity index (χ3v) is 2.44. The Morgan fingerprint density at radius 2 is 2.15 bits per heavy atom. The highest BCUT2D eigenvalue weighted by atomic mass is 35.5. The van der Waals surface area contributed by atoms with Crippen molar-refractivity contribution >= 4 is 29.6 Å². The Kier molecular flexibility index (Phi) is 3.47. The van der Waals surface area contributed by atoms with Gasteiger partial charge in [0.25, 0.3) is 0 Å². The Hall–Kier alpha value is -0.390. The van der Waals surface area contributed by atoms with Gasteiger partial charge in [-0.05, 0) is 6.92 Å². The summed E-state index contributed by atoms with van der Waals surface area (Å²) in [6.45, 7) is 1.81. The van der Waals surface area contributed by atoms with Gasteiger partial charge in [-0.1, -0.05) is 24.4 Å². The molecular weight excluding hydrogens is 212 g/mol. The average Bonchev–Trinajstić information content (AvgIpc) is 2.12. The lowest BCUT2D eigenvalue weighted by atomic mass is 10.3. The van der Waals surface area contributed by atoms with E-state index in [1.165, 1.54) is 11.4 Å². The zero-order valence-electron chi connectivity index (χ0n) is 7.61. The van der Waals surface area contributed by atoms with Crippen molar-refractivity contribution in [2.75, 3.05) is 14.2 Å². The molecule has 1 unspecified atom stereocenters. The summed E-state index contributed by atoms with van der Waals surface area (Å²) >= 11 is 10.0. The van der Waals surface area contributed by atoms with E-state index in [9.17, 15) is 0 Å². The quantitative estimate of drug-likeness (QED) is 0.721. The maximum absolute atomic E-state index is 5.85. The fraction of sp³-hybridized carbons (Fsp3) is 0.571. The lowest BCUT2D eigenvalue weighted by Gasteiger charge is -2.29. The first-order valence-electron chi connectivity index (χ1n) is 3.61. The molecule has 0 aromatic carbocycles. The van der Waals surface area contributed by atoms with Crippen molar-refractivity contribution in [1.29, 1.82) is 0 Å². The minimum atomic E-state index is -0.533. The number of aliphatic imine (C=N–C) groups is 1. The average molecular weight is 223 g/mol. The molecule has 0 saturated heterocycles. The van der Waals surface area contributed by atoms with Crippen LogP contribution in [0.5, 0.6) is 0 Å². The normalized spacial score (nSPS) is 23.3. The van der Waals surface area contributed by atoms with Gasteiger partial charge >= 0.3 is 0 Å². The van der Waals surface area contributed by atoms with Crippen molar-refractivity contribution in [2.45, 2.75) is 13.3 Å². The molecule has 0 fully saturated rings. The molecule has 6 heteroatoms. The van der Waals surface area contributed by atoms with E-state index in [1.54, 1.807) is 14.0 Å². The Bertz CT molecular complexity index is 267. The van der Waals surface area contributed by atoms with E-state index < -0.39 is 6.35 Å². The first-order valence-corrected chi connectivity index (χ1v) is 4.39. The minimum Gasteiger partial charge on any atom is -0.481 e. The zero-order valence-corrected chi connectivity index (χ0v) is 9.26. The molecule has 0 aromatic rings. The molecular formula is C7H11ClN2O2S. The number of hydrogen-bond acceptors (Lipinski definition) is 5. The molecule has 1 aliphatic heterocycles. The Morgan fingerprint density at radius 1 is 1.54 bits per heavy atom. The molecule has 0 N–H and O–H groups in total. The van der Waals surface area contributed by atoms with Crippen molar-refractivity contribution in [3.63, 3.8) is 0 Å². The van der Waals surface area contributed by atoms with Crippen LogP contribution in [0.4, 0.5) is 0 Å². The van der Waals surface area contributed by atoms with Crippen molar-refractivity contribution in [3.8, 4) is 0 Å². The molecule has 13 heavy (non-hydrogen) atoms. The lowest BCUT2D eigenvalue weighted by molar-refractivity contribution is 0.0144. The van der Waals surface area contributed by atoms with E-state index >= 15 is 0 Å². The third kappa shape index (κ3) is 1.92. The summed E-state index contributed by atoms with van der Waals surface area (Å²) in [5.74, 6) is 0.551. The molecule has 0 aromatic heterocycles. The molecule has 0 saturated carbocycles. The van der Waals surface area contributed by atoms with Crippen LogP contribution in [-0.4, -0.2) is 30.0 Å². The van der Waals surface area contributed by atoms with Crippen LogP contribution >= 0.6 is 24.4 Å². The predicted molar refractivity (Wildman–Crippen MR) is 54.6 cm³/mol. The highest BCUT2D eigenvalue weighted by Gasteiger charge is 2.26. The highest BCUT2D eigenvalue weighted by Crippen LogP contribution is 2.25. The van der Waals surface area contributed by atoms with Gasteiger partial charge in [0.15, 0.2) is 0 Å². The number of rotatable bonds is 2. The second-order valence-corrected chi connectivity index (χ2v) is 3.25. The molecule has 1 aliphatic rings. The number of thiol groups is 1. The van der Waals surface area contributed by atoms with Gasteiger partial charge in [-0.2, -0.15) is 0 Å². The highest BCUT2D eigenvalue weighted by molar-refractivity contribution is 7.77. The van der Waals surface area contributed by atoms with E-state index in [0.29, 0.717) is 11.1 Å². The van der Waals surface area contributed by atoms with Gasteiger partial charge in [0.2, 0.25) is 12.2 Å². The van der Waals surface area contributed by atoms with Crippen LogP contribution in [0.15, 0.2) is 16.4 Å². The number of ether oxygens (including phenoxy) is 2. The van der Waals surface area contributed by atoms with Crippen LogP contribution in [-0.2, 0) is 9.47 Å². The fourth-order valence-corrected chi connectivity index (χ4v) is 1.55. The molecule has 1 heterocycles. The molecule has 0 amide bonds. The van der Waals surface area contributed by atoms with Gasteiger partial charge < -0.3 is 9.47 Å². The number of halogens is 1. The topological polar surface area (TPSA) is 34.1 Å². The second-order valence-electron chi connectivity index (χ2n) is 2.46. The molecule has 0 aliphatic carbocycles. The Balaban J connectivity index is 3.00. The zero-order chi connectivity index (χ0) is 10.0. The van der Waals surface area contributed by atoms with Crippen LogP contribution in [0.3, 0.4) is 0 Å². The Morgan fingerprint density at radius 3 is 2.62 bits per heavy atom. The van der Waals surface area contributed by atoms with E-state index in [2.05, 4.69) is 17.8 Å². The monoisotopic (exact) mass is 222 g/mol. The fourth-order valence-electron chi connectivity index (χ4n) is 1.01. The SMILES string of the molecule is COC1=C(C)C(Cl)=NC(OC)N1S. The first-order chi connectivity index (χ1) is 6.11. The van der Waals surface area contributed by atoms with Gasteiger partial charge in [0.05, 0.1) is 7.11 Å². The van der Waals surface area contributed by atoms with Crippen LogP contribution in [0, 0.1) is 0 Å².